The molecule has 0 N–H and O–H groups in total. The molecule has 1 aromatic heterocycles. The second-order valence-electron chi connectivity index (χ2n) is 5.16. The third-order valence-electron chi connectivity index (χ3n) is 3.60. The summed E-state index contributed by atoms with van der Waals surface area (Å²) in [6.07, 6.45) is -3.38. The van der Waals surface area contributed by atoms with E-state index < -0.39 is 18.7 Å². The quantitative estimate of drug-likeness (QED) is 0.759. The molecule has 0 radical (unpaired) electrons. The van der Waals surface area contributed by atoms with Gasteiger partial charge in [0.05, 0.1) is 10.9 Å². The second kappa shape index (κ2) is 3.95. The maximum absolute atomic E-state index is 13.5. The third kappa shape index (κ3) is 2.31. The lowest BCUT2D eigenvalue weighted by atomic mass is 10.1. The number of benzene rings is 1. The van der Waals surface area contributed by atoms with E-state index in [1.165, 1.54) is 6.07 Å². The molecule has 0 unspecified atom stereocenters. The van der Waals surface area contributed by atoms with Crippen molar-refractivity contribution in [2.75, 3.05) is 0 Å². The van der Waals surface area contributed by atoms with Crippen LogP contribution in [-0.2, 0) is 6.54 Å². The summed E-state index contributed by atoms with van der Waals surface area (Å²) in [6.45, 7) is 0.819. The highest BCUT2D eigenvalue weighted by Crippen LogP contribution is 2.47. The summed E-state index contributed by atoms with van der Waals surface area (Å²) in [5, 5.41) is 3.49. The first-order valence-electron chi connectivity index (χ1n) is 6.08. The van der Waals surface area contributed by atoms with Crippen LogP contribution in [0, 0.1) is 11.9 Å². The van der Waals surface area contributed by atoms with Gasteiger partial charge in [-0.15, -0.1) is 5.10 Å². The van der Waals surface area contributed by atoms with Gasteiger partial charge >= 0.3 is 6.18 Å². The van der Waals surface area contributed by atoms with Crippen molar-refractivity contribution in [2.45, 2.75) is 32.0 Å². The Hall–Kier alpha value is -1.59. The van der Waals surface area contributed by atoms with Gasteiger partial charge in [0.25, 0.3) is 0 Å². The van der Waals surface area contributed by atoms with E-state index in [0.717, 1.165) is 12.0 Å². The SMILES string of the molecule is C[C@H]1C[C@@H]1c1ccc2c(F)nn(CC(F)(F)F)c2c1. The average molecular weight is 272 g/mol. The van der Waals surface area contributed by atoms with E-state index in [1.807, 2.05) is 0 Å². The molecule has 102 valence electrons. The number of aromatic nitrogens is 2. The highest BCUT2D eigenvalue weighted by Gasteiger charge is 2.35. The number of alkyl halides is 3. The van der Waals surface area contributed by atoms with Crippen LogP contribution in [0.15, 0.2) is 18.2 Å². The Morgan fingerprint density at radius 3 is 2.63 bits per heavy atom. The van der Waals surface area contributed by atoms with Crippen molar-refractivity contribution in [1.82, 2.24) is 9.78 Å². The van der Waals surface area contributed by atoms with Gasteiger partial charge in [-0.05, 0) is 36.0 Å². The number of nitrogens with zero attached hydrogens (tertiary/aromatic N) is 2. The summed E-state index contributed by atoms with van der Waals surface area (Å²) in [5.41, 5.74) is 1.18. The molecule has 2 nitrogen and oxygen atoms in total. The Balaban J connectivity index is 2.06. The van der Waals surface area contributed by atoms with Crippen molar-refractivity contribution < 1.29 is 17.6 Å². The van der Waals surface area contributed by atoms with Crippen LogP contribution in [0.3, 0.4) is 0 Å². The summed E-state index contributed by atoms with van der Waals surface area (Å²) in [4.78, 5) is 0. The predicted molar refractivity (Wildman–Crippen MR) is 62.3 cm³/mol. The molecule has 1 aliphatic rings. The average Bonchev–Trinajstić information content (AvgIpc) is 2.95. The third-order valence-corrected chi connectivity index (χ3v) is 3.60. The van der Waals surface area contributed by atoms with Crippen molar-refractivity contribution in [3.05, 3.63) is 29.7 Å². The van der Waals surface area contributed by atoms with Crippen molar-refractivity contribution >= 4 is 10.9 Å². The molecule has 1 aromatic carbocycles. The first-order chi connectivity index (χ1) is 8.85. The molecule has 0 amide bonds. The summed E-state index contributed by atoms with van der Waals surface area (Å²) >= 11 is 0. The van der Waals surface area contributed by atoms with Gasteiger partial charge in [0, 0.05) is 0 Å². The summed E-state index contributed by atoms with van der Waals surface area (Å²) in [5.74, 6) is 0.0672. The molecule has 19 heavy (non-hydrogen) atoms. The summed E-state index contributed by atoms with van der Waals surface area (Å²) in [6, 6.07) is 4.93. The maximum Gasteiger partial charge on any atom is 0.408 e. The van der Waals surface area contributed by atoms with Gasteiger partial charge < -0.3 is 0 Å². The first-order valence-corrected chi connectivity index (χ1v) is 6.08. The monoisotopic (exact) mass is 272 g/mol. The lowest BCUT2D eigenvalue weighted by Gasteiger charge is -2.07. The zero-order valence-electron chi connectivity index (χ0n) is 10.2. The van der Waals surface area contributed by atoms with Crippen molar-refractivity contribution in [3.8, 4) is 0 Å². The molecule has 0 saturated heterocycles. The fourth-order valence-electron chi connectivity index (χ4n) is 2.46. The van der Waals surface area contributed by atoms with E-state index in [0.29, 0.717) is 16.5 Å². The molecule has 1 saturated carbocycles. The van der Waals surface area contributed by atoms with E-state index >= 15 is 0 Å². The minimum Gasteiger partial charge on any atom is -0.253 e. The minimum atomic E-state index is -4.41. The van der Waals surface area contributed by atoms with E-state index in [9.17, 15) is 17.6 Å². The number of rotatable bonds is 2. The lowest BCUT2D eigenvalue weighted by Crippen LogP contribution is -2.18. The van der Waals surface area contributed by atoms with Gasteiger partial charge in [-0.3, -0.25) is 4.68 Å². The molecule has 0 aliphatic heterocycles. The molecule has 0 bridgehead atoms. The molecule has 3 rings (SSSR count). The molecule has 2 aromatic rings. The first kappa shape index (κ1) is 12.4. The molecular formula is C13H12F4N2. The molecule has 1 fully saturated rings. The topological polar surface area (TPSA) is 17.8 Å². The van der Waals surface area contributed by atoms with Crippen LogP contribution in [-0.4, -0.2) is 16.0 Å². The fraction of sp³-hybridized carbons (Fsp3) is 0.462. The van der Waals surface area contributed by atoms with E-state index in [2.05, 4.69) is 12.0 Å². The van der Waals surface area contributed by atoms with E-state index in [4.69, 9.17) is 0 Å². The number of hydrogen-bond donors (Lipinski definition) is 0. The summed E-state index contributed by atoms with van der Waals surface area (Å²) in [7, 11) is 0. The van der Waals surface area contributed by atoms with Gasteiger partial charge in [0.15, 0.2) is 0 Å². The minimum absolute atomic E-state index is 0.140. The summed E-state index contributed by atoms with van der Waals surface area (Å²) < 4.78 is 51.5. The molecular weight excluding hydrogens is 260 g/mol. The predicted octanol–water partition coefficient (Wildman–Crippen LogP) is 3.86. The van der Waals surface area contributed by atoms with Crippen LogP contribution in [0.5, 0.6) is 0 Å². The zero-order valence-corrected chi connectivity index (χ0v) is 10.2. The van der Waals surface area contributed by atoms with Crippen LogP contribution >= 0.6 is 0 Å². The van der Waals surface area contributed by atoms with Crippen LogP contribution in [0.25, 0.3) is 10.9 Å². The molecule has 0 spiro atoms. The molecule has 1 heterocycles. The van der Waals surface area contributed by atoms with Gasteiger partial charge in [-0.25, -0.2) is 0 Å². The highest BCUT2D eigenvalue weighted by molar-refractivity contribution is 5.80. The second-order valence-corrected chi connectivity index (χ2v) is 5.16. The Morgan fingerprint density at radius 1 is 1.37 bits per heavy atom. The van der Waals surface area contributed by atoms with Crippen LogP contribution in [0.2, 0.25) is 0 Å². The Bertz CT molecular complexity index is 629. The largest absolute Gasteiger partial charge is 0.408 e. The Kier molecular flexibility index (Phi) is 2.59. The molecule has 6 heteroatoms. The standard InChI is InChI=1S/C13H12F4N2/c1-7-4-10(7)8-2-3-9-11(5-8)19(18-12(9)14)6-13(15,16)17/h2-3,5,7,10H,4,6H2,1H3/t7-,10-/m0/s1. The Morgan fingerprint density at radius 2 is 2.05 bits per heavy atom. The number of halogens is 4. The van der Waals surface area contributed by atoms with Crippen LogP contribution in [0.4, 0.5) is 17.6 Å². The highest BCUT2D eigenvalue weighted by atomic mass is 19.4. The van der Waals surface area contributed by atoms with Gasteiger partial charge in [0.1, 0.15) is 6.54 Å². The van der Waals surface area contributed by atoms with Crippen molar-refractivity contribution in [2.24, 2.45) is 5.92 Å². The van der Waals surface area contributed by atoms with E-state index in [-0.39, 0.29) is 10.9 Å². The van der Waals surface area contributed by atoms with Gasteiger partial charge in [0.2, 0.25) is 5.95 Å². The zero-order chi connectivity index (χ0) is 13.8. The maximum atomic E-state index is 13.5. The Labute approximate surface area is 107 Å². The fourth-order valence-corrected chi connectivity index (χ4v) is 2.46. The van der Waals surface area contributed by atoms with Crippen LogP contribution < -0.4 is 0 Å². The van der Waals surface area contributed by atoms with Gasteiger partial charge in [-0.1, -0.05) is 13.0 Å². The van der Waals surface area contributed by atoms with Crippen molar-refractivity contribution in [3.63, 3.8) is 0 Å². The van der Waals surface area contributed by atoms with Gasteiger partial charge in [-0.2, -0.15) is 17.6 Å². The lowest BCUT2D eigenvalue weighted by molar-refractivity contribution is -0.142. The van der Waals surface area contributed by atoms with Crippen LogP contribution in [0.1, 0.15) is 24.8 Å². The molecule has 1 aliphatic carbocycles. The normalized spacial score (nSPS) is 23.0. The van der Waals surface area contributed by atoms with E-state index in [1.54, 1.807) is 12.1 Å². The molecule has 2 atom stereocenters. The smallest absolute Gasteiger partial charge is 0.253 e. The number of fused-ring (bicyclic) bond motifs is 1. The number of hydrogen-bond acceptors (Lipinski definition) is 1. The van der Waals surface area contributed by atoms with Crippen molar-refractivity contribution in [1.29, 1.82) is 0 Å².